The molecule has 4 atom stereocenters. The van der Waals surface area contributed by atoms with Crippen molar-refractivity contribution in [1.82, 2.24) is 0 Å². The van der Waals surface area contributed by atoms with Crippen molar-refractivity contribution in [3.05, 3.63) is 29.3 Å². The van der Waals surface area contributed by atoms with Crippen molar-refractivity contribution in [2.45, 2.75) is 12.2 Å². The first-order valence-electron chi connectivity index (χ1n) is 5.79. The summed E-state index contributed by atoms with van der Waals surface area (Å²) in [6.07, 6.45) is -0.719. The Kier molecular flexibility index (Phi) is 1.74. The summed E-state index contributed by atoms with van der Waals surface area (Å²) in [5.74, 6) is -1.16. The average molecular weight is 246 g/mol. The smallest absolute Gasteiger partial charge is 0.320 e. The number of benzene rings is 1. The minimum absolute atomic E-state index is 0.347. The molecule has 92 valence electrons. The Morgan fingerprint density at radius 1 is 1.06 bits per heavy atom. The maximum atomic E-state index is 11.7. The van der Waals surface area contributed by atoms with E-state index in [1.54, 1.807) is 7.11 Å². The van der Waals surface area contributed by atoms with E-state index in [4.69, 9.17) is 14.2 Å². The number of rotatable bonds is 1. The lowest BCUT2D eigenvalue weighted by Crippen LogP contribution is -2.24. The van der Waals surface area contributed by atoms with Gasteiger partial charge >= 0.3 is 11.9 Å². The predicted molar refractivity (Wildman–Crippen MR) is 57.6 cm³/mol. The fourth-order valence-corrected chi connectivity index (χ4v) is 3.20. The van der Waals surface area contributed by atoms with Crippen molar-refractivity contribution in [1.29, 1.82) is 0 Å². The summed E-state index contributed by atoms with van der Waals surface area (Å²) in [5.41, 5.74) is 1.90. The highest BCUT2D eigenvalue weighted by atomic mass is 16.6. The van der Waals surface area contributed by atoms with Gasteiger partial charge in [0, 0.05) is 0 Å². The predicted octanol–water partition coefficient (Wildman–Crippen LogP) is 1.14. The summed E-state index contributed by atoms with van der Waals surface area (Å²) < 4.78 is 15.6. The zero-order chi connectivity index (χ0) is 12.4. The molecule has 3 heterocycles. The Labute approximate surface area is 103 Å². The van der Waals surface area contributed by atoms with Crippen molar-refractivity contribution in [3.63, 3.8) is 0 Å². The van der Waals surface area contributed by atoms with Crippen LogP contribution in [0.4, 0.5) is 0 Å². The molecular formula is C13H10O5. The molecule has 4 rings (SSSR count). The molecule has 5 nitrogen and oxygen atoms in total. The van der Waals surface area contributed by atoms with E-state index < -0.39 is 23.8 Å². The van der Waals surface area contributed by atoms with Gasteiger partial charge in [0.2, 0.25) is 0 Å². The van der Waals surface area contributed by atoms with Gasteiger partial charge in [-0.1, -0.05) is 6.07 Å². The maximum absolute atomic E-state index is 11.7. The Morgan fingerprint density at radius 2 is 1.72 bits per heavy atom. The van der Waals surface area contributed by atoms with Crippen molar-refractivity contribution in [2.75, 3.05) is 7.11 Å². The molecule has 1 aromatic carbocycles. The number of cyclic esters (lactones) is 2. The van der Waals surface area contributed by atoms with E-state index in [2.05, 4.69) is 0 Å². The van der Waals surface area contributed by atoms with Gasteiger partial charge in [0.05, 0.1) is 19.3 Å². The quantitative estimate of drug-likeness (QED) is 0.549. The lowest BCUT2D eigenvalue weighted by Gasteiger charge is -2.19. The summed E-state index contributed by atoms with van der Waals surface area (Å²) >= 11 is 0. The van der Waals surface area contributed by atoms with Gasteiger partial charge in [-0.15, -0.1) is 0 Å². The minimum atomic E-state index is -0.484. The number of hydrogen-bond acceptors (Lipinski definition) is 5. The zero-order valence-corrected chi connectivity index (χ0v) is 9.58. The summed E-state index contributed by atoms with van der Waals surface area (Å²) in [7, 11) is 1.59. The van der Waals surface area contributed by atoms with Gasteiger partial charge in [-0.25, -0.2) is 0 Å². The van der Waals surface area contributed by atoms with Crippen LogP contribution < -0.4 is 4.74 Å². The fourth-order valence-electron chi connectivity index (χ4n) is 3.20. The summed E-state index contributed by atoms with van der Waals surface area (Å²) in [6.45, 7) is 0. The number of methoxy groups -OCH3 is 1. The molecule has 4 unspecified atom stereocenters. The number of ether oxygens (including phenoxy) is 3. The molecule has 0 amide bonds. The number of carbonyl (C=O) groups excluding carboxylic acids is 2. The van der Waals surface area contributed by atoms with Gasteiger partial charge in [0.1, 0.15) is 17.6 Å². The molecule has 5 heteroatoms. The SMILES string of the molecule is COc1ccc2c(c1)C1OC2C2C(=O)OC(=O)C12. The number of fused-ring (bicyclic) bond motifs is 8. The van der Waals surface area contributed by atoms with Crippen molar-refractivity contribution >= 4 is 11.9 Å². The summed E-state index contributed by atoms with van der Waals surface area (Å²) in [5, 5.41) is 0. The van der Waals surface area contributed by atoms with Crippen LogP contribution in [0.3, 0.4) is 0 Å². The fraction of sp³-hybridized carbons (Fsp3) is 0.385. The van der Waals surface area contributed by atoms with Crippen LogP contribution in [0.1, 0.15) is 23.3 Å². The normalized spacial score (nSPS) is 35.4. The van der Waals surface area contributed by atoms with E-state index in [1.807, 2.05) is 18.2 Å². The Bertz CT molecular complexity index is 579. The first kappa shape index (κ1) is 10.1. The first-order valence-corrected chi connectivity index (χ1v) is 5.79. The minimum Gasteiger partial charge on any atom is -0.497 e. The third-order valence-corrected chi connectivity index (χ3v) is 3.98. The molecule has 0 saturated carbocycles. The van der Waals surface area contributed by atoms with E-state index in [-0.39, 0.29) is 12.2 Å². The second-order valence-corrected chi connectivity index (χ2v) is 4.76. The molecule has 0 N–H and O–H groups in total. The molecule has 0 radical (unpaired) electrons. The Balaban J connectivity index is 1.86. The second-order valence-electron chi connectivity index (χ2n) is 4.76. The number of esters is 2. The van der Waals surface area contributed by atoms with E-state index in [0.29, 0.717) is 0 Å². The first-order chi connectivity index (χ1) is 8.70. The van der Waals surface area contributed by atoms with Crippen LogP contribution in [0.5, 0.6) is 5.75 Å². The third-order valence-electron chi connectivity index (χ3n) is 3.98. The van der Waals surface area contributed by atoms with Gasteiger partial charge < -0.3 is 14.2 Å². The lowest BCUT2D eigenvalue weighted by molar-refractivity contribution is -0.157. The van der Waals surface area contributed by atoms with Crippen LogP contribution in [0.15, 0.2) is 18.2 Å². The van der Waals surface area contributed by atoms with Crippen LogP contribution >= 0.6 is 0 Å². The van der Waals surface area contributed by atoms with E-state index in [9.17, 15) is 9.59 Å². The summed E-state index contributed by atoms with van der Waals surface area (Å²) in [4.78, 5) is 23.3. The molecule has 0 aromatic heterocycles. The van der Waals surface area contributed by atoms with E-state index in [0.717, 1.165) is 16.9 Å². The topological polar surface area (TPSA) is 61.8 Å². The van der Waals surface area contributed by atoms with Gasteiger partial charge in [-0.05, 0) is 23.3 Å². The largest absolute Gasteiger partial charge is 0.497 e. The van der Waals surface area contributed by atoms with Crippen molar-refractivity contribution < 1.29 is 23.8 Å². The number of hydrogen-bond donors (Lipinski definition) is 0. The molecule has 2 bridgehead atoms. The standard InChI is InChI=1S/C13H10O5/c1-16-5-2-3-6-7(4-5)11-9-8(10(6)17-11)12(14)18-13(9)15/h2-4,8-11H,1H3. The molecule has 2 saturated heterocycles. The highest BCUT2D eigenvalue weighted by Gasteiger charge is 2.63. The van der Waals surface area contributed by atoms with Crippen LogP contribution in [-0.4, -0.2) is 19.0 Å². The number of carbonyl (C=O) groups is 2. The zero-order valence-electron chi connectivity index (χ0n) is 9.58. The van der Waals surface area contributed by atoms with Gasteiger partial charge in [0.15, 0.2) is 0 Å². The summed E-state index contributed by atoms with van der Waals surface area (Å²) in [6, 6.07) is 5.59. The second kappa shape index (κ2) is 3.11. The van der Waals surface area contributed by atoms with Crippen molar-refractivity contribution in [2.24, 2.45) is 11.8 Å². The van der Waals surface area contributed by atoms with Crippen LogP contribution in [0.25, 0.3) is 0 Å². The van der Waals surface area contributed by atoms with Gasteiger partial charge in [-0.2, -0.15) is 0 Å². The van der Waals surface area contributed by atoms with E-state index in [1.165, 1.54) is 0 Å². The monoisotopic (exact) mass is 246 g/mol. The Hall–Kier alpha value is -1.88. The maximum Gasteiger partial charge on any atom is 0.320 e. The molecular weight excluding hydrogens is 236 g/mol. The third kappa shape index (κ3) is 1.01. The molecule has 18 heavy (non-hydrogen) atoms. The average Bonchev–Trinajstić information content (AvgIpc) is 3.00. The van der Waals surface area contributed by atoms with Crippen LogP contribution in [0, 0.1) is 11.8 Å². The van der Waals surface area contributed by atoms with Crippen LogP contribution in [0.2, 0.25) is 0 Å². The van der Waals surface area contributed by atoms with Crippen LogP contribution in [-0.2, 0) is 19.1 Å². The molecule has 1 aromatic rings. The van der Waals surface area contributed by atoms with Gasteiger partial charge in [-0.3, -0.25) is 9.59 Å². The lowest BCUT2D eigenvalue weighted by atomic mass is 9.77. The molecule has 3 aliphatic heterocycles. The Morgan fingerprint density at radius 3 is 2.39 bits per heavy atom. The van der Waals surface area contributed by atoms with Gasteiger partial charge in [0.25, 0.3) is 0 Å². The van der Waals surface area contributed by atoms with Crippen molar-refractivity contribution in [3.8, 4) is 5.75 Å². The molecule has 0 spiro atoms. The molecule has 2 fully saturated rings. The van der Waals surface area contributed by atoms with E-state index >= 15 is 0 Å². The highest BCUT2D eigenvalue weighted by molar-refractivity contribution is 5.98. The molecule has 3 aliphatic rings. The molecule has 0 aliphatic carbocycles. The highest BCUT2D eigenvalue weighted by Crippen LogP contribution is 2.60.